The van der Waals surface area contributed by atoms with Gasteiger partial charge < -0.3 is 0 Å². The molecule has 0 aromatic carbocycles. The highest BCUT2D eigenvalue weighted by molar-refractivity contribution is 5.58. The second-order valence-corrected chi connectivity index (χ2v) is 7.10. The van der Waals surface area contributed by atoms with Gasteiger partial charge in [-0.05, 0) is 49.8 Å². The van der Waals surface area contributed by atoms with Gasteiger partial charge in [-0.1, -0.05) is 19.3 Å². The molecule has 4 rings (SSSR count). The molecule has 0 saturated heterocycles. The van der Waals surface area contributed by atoms with E-state index in [1.54, 1.807) is 0 Å². The summed E-state index contributed by atoms with van der Waals surface area (Å²) >= 11 is 0. The normalized spacial score (nSPS) is 19.3. The number of hydrogen-bond donors (Lipinski definition) is 0. The minimum atomic E-state index is 0.784. The molecular weight excluding hydrogens is 284 g/mol. The molecule has 2 aliphatic carbocycles. The van der Waals surface area contributed by atoms with Crippen LogP contribution in [0.3, 0.4) is 0 Å². The van der Waals surface area contributed by atoms with Crippen LogP contribution in [-0.2, 0) is 6.67 Å². The third kappa shape index (κ3) is 3.63. The Balaban J connectivity index is 1.48. The van der Waals surface area contributed by atoms with E-state index in [1.165, 1.54) is 62.7 Å². The number of rotatable bonds is 6. The first kappa shape index (κ1) is 14.9. The number of pyridine rings is 1. The molecule has 2 fully saturated rings. The van der Waals surface area contributed by atoms with Crippen molar-refractivity contribution in [2.24, 2.45) is 5.92 Å². The van der Waals surface area contributed by atoms with Crippen molar-refractivity contribution in [2.45, 2.75) is 57.7 Å². The molecule has 0 N–H and O–H groups in total. The van der Waals surface area contributed by atoms with Crippen LogP contribution in [-0.4, -0.2) is 32.3 Å². The molecule has 2 heterocycles. The highest BCUT2D eigenvalue weighted by Gasteiger charge is 2.31. The van der Waals surface area contributed by atoms with E-state index < -0.39 is 0 Å². The van der Waals surface area contributed by atoms with E-state index in [0.717, 1.165) is 18.6 Å². The monoisotopic (exact) mass is 310 g/mol. The molecule has 23 heavy (non-hydrogen) atoms. The Kier molecular flexibility index (Phi) is 4.42. The van der Waals surface area contributed by atoms with Crippen molar-refractivity contribution >= 4 is 0 Å². The van der Waals surface area contributed by atoms with Crippen LogP contribution in [0.5, 0.6) is 0 Å². The summed E-state index contributed by atoms with van der Waals surface area (Å²) in [6.07, 6.45) is 15.5. The first-order chi connectivity index (χ1) is 11.4. The quantitative estimate of drug-likeness (QED) is 0.810. The number of aromatic nitrogens is 3. The Morgan fingerprint density at radius 3 is 2.48 bits per heavy atom. The van der Waals surface area contributed by atoms with Gasteiger partial charge in [0.25, 0.3) is 0 Å². The molecule has 2 aromatic rings. The first-order valence-corrected chi connectivity index (χ1v) is 9.06. The van der Waals surface area contributed by atoms with Gasteiger partial charge in [0.05, 0.1) is 12.4 Å². The second kappa shape index (κ2) is 6.83. The van der Waals surface area contributed by atoms with Crippen molar-refractivity contribution in [1.29, 1.82) is 0 Å². The van der Waals surface area contributed by atoms with E-state index in [-0.39, 0.29) is 0 Å². The van der Waals surface area contributed by atoms with Crippen molar-refractivity contribution in [2.75, 3.05) is 6.54 Å². The average molecular weight is 310 g/mol. The van der Waals surface area contributed by atoms with E-state index in [2.05, 4.69) is 37.9 Å². The van der Waals surface area contributed by atoms with Crippen LogP contribution in [0.1, 0.15) is 44.9 Å². The van der Waals surface area contributed by atoms with Crippen LogP contribution in [0.4, 0.5) is 0 Å². The lowest BCUT2D eigenvalue weighted by atomic mass is 9.89. The van der Waals surface area contributed by atoms with Crippen LogP contribution in [0.2, 0.25) is 0 Å². The van der Waals surface area contributed by atoms with Crippen LogP contribution in [0, 0.1) is 5.92 Å². The zero-order chi connectivity index (χ0) is 15.5. The third-order valence-corrected chi connectivity index (χ3v) is 5.29. The predicted octanol–water partition coefficient (Wildman–Crippen LogP) is 3.95. The fourth-order valence-electron chi connectivity index (χ4n) is 3.85. The van der Waals surface area contributed by atoms with Gasteiger partial charge in [-0.25, -0.2) is 0 Å². The largest absolute Gasteiger partial charge is 0.281 e. The van der Waals surface area contributed by atoms with Gasteiger partial charge in [-0.2, -0.15) is 5.10 Å². The van der Waals surface area contributed by atoms with Crippen LogP contribution >= 0.6 is 0 Å². The fourth-order valence-corrected chi connectivity index (χ4v) is 3.85. The topological polar surface area (TPSA) is 34.0 Å². The summed E-state index contributed by atoms with van der Waals surface area (Å²) in [4.78, 5) is 6.80. The van der Waals surface area contributed by atoms with Gasteiger partial charge in [-0.15, -0.1) is 0 Å². The van der Waals surface area contributed by atoms with E-state index >= 15 is 0 Å². The van der Waals surface area contributed by atoms with Crippen LogP contribution in [0.15, 0.2) is 36.8 Å². The van der Waals surface area contributed by atoms with Gasteiger partial charge in [0.2, 0.25) is 0 Å². The molecule has 0 amide bonds. The maximum atomic E-state index is 4.59. The lowest BCUT2D eigenvalue weighted by molar-refractivity contribution is 0.149. The SMILES string of the molecule is c1cc(-c2ccnn2CN(CC2CCCCC2)C2CC2)ccn1. The molecule has 0 aliphatic heterocycles. The second-order valence-electron chi connectivity index (χ2n) is 7.10. The fraction of sp³-hybridized carbons (Fsp3) is 0.579. The third-order valence-electron chi connectivity index (χ3n) is 5.29. The standard InChI is InChI=1S/C19H26N4/c1-2-4-16(5-3-1)14-22(18-6-7-18)15-23-19(10-13-21-23)17-8-11-20-12-9-17/h8-13,16,18H,1-7,14-15H2. The summed E-state index contributed by atoms with van der Waals surface area (Å²) in [5, 5.41) is 4.59. The van der Waals surface area contributed by atoms with Crippen molar-refractivity contribution < 1.29 is 0 Å². The molecule has 2 aromatic heterocycles. The Morgan fingerprint density at radius 1 is 0.957 bits per heavy atom. The van der Waals surface area contributed by atoms with Crippen molar-refractivity contribution in [1.82, 2.24) is 19.7 Å². The zero-order valence-corrected chi connectivity index (χ0v) is 13.8. The van der Waals surface area contributed by atoms with Crippen LogP contribution < -0.4 is 0 Å². The number of hydrogen-bond acceptors (Lipinski definition) is 3. The van der Waals surface area contributed by atoms with Gasteiger partial charge in [0.15, 0.2) is 0 Å². The molecule has 0 radical (unpaired) electrons. The molecule has 2 aliphatic rings. The summed E-state index contributed by atoms with van der Waals surface area (Å²) in [6.45, 7) is 2.17. The predicted molar refractivity (Wildman–Crippen MR) is 91.8 cm³/mol. The van der Waals surface area contributed by atoms with Crippen molar-refractivity contribution in [3.8, 4) is 11.3 Å². The minimum Gasteiger partial charge on any atom is -0.281 e. The highest BCUT2D eigenvalue weighted by Crippen LogP contribution is 2.32. The van der Waals surface area contributed by atoms with E-state index in [0.29, 0.717) is 0 Å². The van der Waals surface area contributed by atoms with Gasteiger partial charge in [0, 0.05) is 36.7 Å². The molecule has 122 valence electrons. The Hall–Kier alpha value is -1.68. The first-order valence-electron chi connectivity index (χ1n) is 9.06. The average Bonchev–Trinajstić information content (AvgIpc) is 3.35. The maximum Gasteiger partial charge on any atom is 0.0938 e. The summed E-state index contributed by atoms with van der Waals surface area (Å²) < 4.78 is 2.16. The summed E-state index contributed by atoms with van der Waals surface area (Å²) in [6, 6.07) is 7.03. The molecule has 2 saturated carbocycles. The molecule has 0 atom stereocenters. The van der Waals surface area contributed by atoms with Crippen molar-refractivity contribution in [3.63, 3.8) is 0 Å². The molecule has 4 nitrogen and oxygen atoms in total. The Morgan fingerprint density at radius 2 is 1.74 bits per heavy atom. The molecule has 4 heteroatoms. The summed E-state index contributed by atoms with van der Waals surface area (Å²) in [5.41, 5.74) is 2.40. The lowest BCUT2D eigenvalue weighted by Crippen LogP contribution is -2.34. The smallest absolute Gasteiger partial charge is 0.0938 e. The Labute approximate surface area is 138 Å². The van der Waals surface area contributed by atoms with E-state index in [4.69, 9.17) is 0 Å². The molecule has 0 bridgehead atoms. The highest BCUT2D eigenvalue weighted by atomic mass is 15.4. The zero-order valence-electron chi connectivity index (χ0n) is 13.8. The minimum absolute atomic E-state index is 0.784. The van der Waals surface area contributed by atoms with Gasteiger partial charge in [-0.3, -0.25) is 14.6 Å². The maximum absolute atomic E-state index is 4.59. The van der Waals surface area contributed by atoms with Crippen molar-refractivity contribution in [3.05, 3.63) is 36.8 Å². The summed E-state index contributed by atoms with van der Waals surface area (Å²) in [7, 11) is 0. The van der Waals surface area contributed by atoms with Gasteiger partial charge >= 0.3 is 0 Å². The van der Waals surface area contributed by atoms with E-state index in [9.17, 15) is 0 Å². The summed E-state index contributed by atoms with van der Waals surface area (Å²) in [5.74, 6) is 0.893. The molecular formula is C19H26N4. The molecule has 0 unspecified atom stereocenters. The lowest BCUT2D eigenvalue weighted by Gasteiger charge is -2.30. The van der Waals surface area contributed by atoms with Gasteiger partial charge in [0.1, 0.15) is 0 Å². The Bertz CT molecular complexity index is 611. The van der Waals surface area contributed by atoms with E-state index in [1.807, 2.05) is 18.6 Å². The van der Waals surface area contributed by atoms with Crippen LogP contribution in [0.25, 0.3) is 11.3 Å². The number of nitrogens with zero attached hydrogens (tertiary/aromatic N) is 4. The molecule has 0 spiro atoms.